The maximum atomic E-state index is 9.40. The summed E-state index contributed by atoms with van der Waals surface area (Å²) >= 11 is 0. The number of hydrogen-bond donors (Lipinski definition) is 3. The molecule has 0 radical (unpaired) electrons. The highest BCUT2D eigenvalue weighted by Gasteiger charge is 2.34. The normalized spacial score (nSPS) is 22.5. The molecule has 0 aromatic heterocycles. The molecule has 3 rings (SSSR count). The van der Waals surface area contributed by atoms with Gasteiger partial charge in [-0.25, -0.2) is 4.99 Å². The quantitative estimate of drug-likeness (QED) is 0.257. The molecule has 0 aliphatic carbocycles. The zero-order chi connectivity index (χ0) is 20.4. The molecule has 2 aliphatic rings. The third-order valence-electron chi connectivity index (χ3n) is 5.75. The van der Waals surface area contributed by atoms with Crippen LogP contribution in [0.1, 0.15) is 30.9 Å². The number of benzene rings is 1. The van der Waals surface area contributed by atoms with Gasteiger partial charge in [0.25, 0.3) is 0 Å². The molecule has 1 atom stereocenters. The summed E-state index contributed by atoms with van der Waals surface area (Å²) in [4.78, 5) is 7.17. The van der Waals surface area contributed by atoms with Gasteiger partial charge in [-0.2, -0.15) is 0 Å². The van der Waals surface area contributed by atoms with Gasteiger partial charge < -0.3 is 25.2 Å². The highest BCUT2D eigenvalue weighted by atomic mass is 127. The van der Waals surface area contributed by atoms with Gasteiger partial charge in [0, 0.05) is 51.4 Å². The molecule has 1 unspecified atom stereocenters. The van der Waals surface area contributed by atoms with Crippen LogP contribution in [0.5, 0.6) is 0 Å². The fraction of sp³-hybridized carbons (Fsp3) is 0.682. The first-order chi connectivity index (χ1) is 14.2. The second-order valence-corrected chi connectivity index (χ2v) is 8.03. The molecular formula is C22H37IN4O3. The Morgan fingerprint density at radius 1 is 1.10 bits per heavy atom. The predicted octanol–water partition coefficient (Wildman–Crippen LogP) is 1.98. The molecule has 0 saturated carbocycles. The average molecular weight is 532 g/mol. The first kappa shape index (κ1) is 25.3. The summed E-state index contributed by atoms with van der Waals surface area (Å²) in [6.07, 6.45) is 1.73. The number of guanidine groups is 1. The van der Waals surface area contributed by atoms with E-state index in [0.717, 1.165) is 71.3 Å². The SMILES string of the molecule is CCNC(=NCc1ccc(CN2CCOCC2)cc1)NCC1(CCO)CCOC1.I. The van der Waals surface area contributed by atoms with Crippen molar-refractivity contribution in [3.63, 3.8) is 0 Å². The summed E-state index contributed by atoms with van der Waals surface area (Å²) < 4.78 is 11.0. The average Bonchev–Trinajstić information content (AvgIpc) is 3.21. The van der Waals surface area contributed by atoms with Crippen LogP contribution in [0.4, 0.5) is 0 Å². The van der Waals surface area contributed by atoms with Crippen molar-refractivity contribution in [3.8, 4) is 0 Å². The van der Waals surface area contributed by atoms with Crippen LogP contribution in [0.15, 0.2) is 29.3 Å². The van der Waals surface area contributed by atoms with Gasteiger partial charge in [-0.05, 0) is 30.9 Å². The van der Waals surface area contributed by atoms with Crippen molar-refractivity contribution in [2.45, 2.75) is 32.9 Å². The molecule has 0 amide bonds. The van der Waals surface area contributed by atoms with Crippen LogP contribution in [-0.4, -0.2) is 75.2 Å². The van der Waals surface area contributed by atoms with Crippen LogP contribution in [0.25, 0.3) is 0 Å². The molecule has 2 fully saturated rings. The number of ether oxygens (including phenoxy) is 2. The maximum absolute atomic E-state index is 9.40. The highest BCUT2D eigenvalue weighted by molar-refractivity contribution is 14.0. The lowest BCUT2D eigenvalue weighted by atomic mass is 9.84. The number of nitrogens with zero attached hydrogens (tertiary/aromatic N) is 2. The number of nitrogens with one attached hydrogen (secondary N) is 2. The summed E-state index contributed by atoms with van der Waals surface area (Å²) in [5.41, 5.74) is 2.53. The molecule has 7 nitrogen and oxygen atoms in total. The lowest BCUT2D eigenvalue weighted by molar-refractivity contribution is 0.0342. The molecule has 8 heteroatoms. The topological polar surface area (TPSA) is 78.4 Å². The molecule has 1 aromatic rings. The van der Waals surface area contributed by atoms with Crippen molar-refractivity contribution in [1.29, 1.82) is 0 Å². The first-order valence-electron chi connectivity index (χ1n) is 10.8. The van der Waals surface area contributed by atoms with Crippen LogP contribution in [0.3, 0.4) is 0 Å². The molecular weight excluding hydrogens is 495 g/mol. The van der Waals surface area contributed by atoms with Crippen molar-refractivity contribution >= 4 is 29.9 Å². The van der Waals surface area contributed by atoms with E-state index in [4.69, 9.17) is 14.5 Å². The zero-order valence-electron chi connectivity index (χ0n) is 18.1. The van der Waals surface area contributed by atoms with Crippen molar-refractivity contribution in [3.05, 3.63) is 35.4 Å². The van der Waals surface area contributed by atoms with E-state index in [1.54, 1.807) is 0 Å². The van der Waals surface area contributed by atoms with Gasteiger partial charge in [0.1, 0.15) is 0 Å². The molecule has 30 heavy (non-hydrogen) atoms. The van der Waals surface area contributed by atoms with E-state index in [1.165, 1.54) is 11.1 Å². The lowest BCUT2D eigenvalue weighted by Gasteiger charge is -2.27. The molecule has 3 N–H and O–H groups in total. The monoisotopic (exact) mass is 532 g/mol. The fourth-order valence-electron chi connectivity index (χ4n) is 3.86. The Labute approximate surface area is 197 Å². The number of aliphatic hydroxyl groups excluding tert-OH is 1. The van der Waals surface area contributed by atoms with E-state index in [9.17, 15) is 5.11 Å². The highest BCUT2D eigenvalue weighted by Crippen LogP contribution is 2.31. The minimum Gasteiger partial charge on any atom is -0.396 e. The van der Waals surface area contributed by atoms with E-state index in [0.29, 0.717) is 13.2 Å². The summed E-state index contributed by atoms with van der Waals surface area (Å²) in [5, 5.41) is 16.2. The number of aliphatic hydroxyl groups is 1. The predicted molar refractivity (Wildman–Crippen MR) is 130 cm³/mol. The fourth-order valence-corrected chi connectivity index (χ4v) is 3.86. The van der Waals surface area contributed by atoms with Crippen molar-refractivity contribution in [1.82, 2.24) is 15.5 Å². The van der Waals surface area contributed by atoms with E-state index < -0.39 is 0 Å². The second kappa shape index (κ2) is 13.5. The van der Waals surface area contributed by atoms with Gasteiger partial charge in [0.2, 0.25) is 0 Å². The van der Waals surface area contributed by atoms with Crippen LogP contribution < -0.4 is 10.6 Å². The van der Waals surface area contributed by atoms with E-state index in [-0.39, 0.29) is 36.0 Å². The smallest absolute Gasteiger partial charge is 0.191 e. The Balaban J connectivity index is 0.00000320. The minimum absolute atomic E-state index is 0. The lowest BCUT2D eigenvalue weighted by Crippen LogP contribution is -2.44. The minimum atomic E-state index is 0. The first-order valence-corrected chi connectivity index (χ1v) is 10.8. The van der Waals surface area contributed by atoms with Crippen LogP contribution >= 0.6 is 24.0 Å². The summed E-state index contributed by atoms with van der Waals surface area (Å²) in [6, 6.07) is 8.74. The number of aliphatic imine (C=N–C) groups is 1. The molecule has 170 valence electrons. The summed E-state index contributed by atoms with van der Waals surface area (Å²) in [7, 11) is 0. The van der Waals surface area contributed by atoms with Crippen LogP contribution in [0, 0.1) is 5.41 Å². The number of morpholine rings is 1. The number of hydrogen-bond acceptors (Lipinski definition) is 5. The molecule has 2 heterocycles. The Morgan fingerprint density at radius 3 is 2.47 bits per heavy atom. The third-order valence-corrected chi connectivity index (χ3v) is 5.75. The van der Waals surface area contributed by atoms with Crippen LogP contribution in [-0.2, 0) is 22.6 Å². The maximum Gasteiger partial charge on any atom is 0.191 e. The molecule has 0 bridgehead atoms. The van der Waals surface area contributed by atoms with E-state index in [2.05, 4.69) is 46.7 Å². The Bertz CT molecular complexity index is 630. The van der Waals surface area contributed by atoms with E-state index >= 15 is 0 Å². The van der Waals surface area contributed by atoms with Crippen molar-refractivity contribution in [2.24, 2.45) is 10.4 Å². The van der Waals surface area contributed by atoms with Crippen molar-refractivity contribution < 1.29 is 14.6 Å². The third kappa shape index (κ3) is 7.96. The van der Waals surface area contributed by atoms with Gasteiger partial charge in [0.15, 0.2) is 5.96 Å². The molecule has 2 saturated heterocycles. The Morgan fingerprint density at radius 2 is 1.83 bits per heavy atom. The van der Waals surface area contributed by atoms with Gasteiger partial charge >= 0.3 is 0 Å². The second-order valence-electron chi connectivity index (χ2n) is 8.03. The Kier molecular flexibility index (Phi) is 11.4. The summed E-state index contributed by atoms with van der Waals surface area (Å²) in [5.74, 6) is 0.814. The summed E-state index contributed by atoms with van der Waals surface area (Å²) in [6.45, 7) is 10.6. The Hall–Kier alpha value is -0.940. The largest absolute Gasteiger partial charge is 0.396 e. The standard InChI is InChI=1S/C22H36N4O3.HI/c1-2-23-21(25-17-22(7-11-27)8-12-29-18-22)24-15-19-3-5-20(6-4-19)16-26-9-13-28-14-10-26;/h3-6,27H,2,7-18H2,1H3,(H2,23,24,25);1H. The number of halogens is 1. The van der Waals surface area contributed by atoms with Crippen molar-refractivity contribution in [2.75, 3.05) is 59.2 Å². The zero-order valence-corrected chi connectivity index (χ0v) is 20.4. The van der Waals surface area contributed by atoms with Crippen LogP contribution in [0.2, 0.25) is 0 Å². The molecule has 0 spiro atoms. The van der Waals surface area contributed by atoms with Gasteiger partial charge in [-0.1, -0.05) is 24.3 Å². The molecule has 1 aromatic carbocycles. The van der Waals surface area contributed by atoms with Gasteiger partial charge in [-0.15, -0.1) is 24.0 Å². The number of rotatable bonds is 9. The van der Waals surface area contributed by atoms with E-state index in [1.807, 2.05) is 0 Å². The van der Waals surface area contributed by atoms with Gasteiger partial charge in [-0.3, -0.25) is 4.90 Å². The molecule has 2 aliphatic heterocycles. The van der Waals surface area contributed by atoms with Gasteiger partial charge in [0.05, 0.1) is 26.4 Å².